The molecule has 2 rings (SSSR count). The lowest BCUT2D eigenvalue weighted by Crippen LogP contribution is -2.58. The van der Waals surface area contributed by atoms with E-state index >= 15 is 0 Å². The molecule has 1 saturated heterocycles. The van der Waals surface area contributed by atoms with Gasteiger partial charge in [-0.1, -0.05) is 6.58 Å². The second-order valence-electron chi connectivity index (χ2n) is 6.57. The van der Waals surface area contributed by atoms with Crippen molar-refractivity contribution in [1.82, 2.24) is 10.2 Å². The molecule has 0 aromatic rings. The minimum Gasteiger partial charge on any atom is -0.379 e. The fourth-order valence-corrected chi connectivity index (χ4v) is 5.69. The molecule has 0 bridgehead atoms. The Bertz CT molecular complexity index is 956. The van der Waals surface area contributed by atoms with E-state index in [1.165, 1.54) is 6.92 Å². The Morgan fingerprint density at radius 3 is 2.38 bits per heavy atom. The lowest BCUT2D eigenvalue weighted by atomic mass is 9.96. The van der Waals surface area contributed by atoms with Gasteiger partial charge in [0.1, 0.15) is 12.8 Å². The summed E-state index contributed by atoms with van der Waals surface area (Å²) in [6.07, 6.45) is -5.53. The van der Waals surface area contributed by atoms with Crippen molar-refractivity contribution in [3.05, 3.63) is 24.0 Å². The summed E-state index contributed by atoms with van der Waals surface area (Å²) < 4.78 is 78.3. The number of nitrogens with one attached hydrogen (secondary N) is 1. The first kappa shape index (κ1) is 27.2. The number of phosphoric acid groups is 3. The molecule has 0 aliphatic carbocycles. The normalized spacial score (nSPS) is 32.8. The van der Waals surface area contributed by atoms with Gasteiger partial charge in [-0.05, 0) is 12.5 Å². The highest BCUT2D eigenvalue weighted by Crippen LogP contribution is 2.66. The molecule has 184 valence electrons. The van der Waals surface area contributed by atoms with Crippen molar-refractivity contribution in [3.8, 4) is 0 Å². The van der Waals surface area contributed by atoms with Crippen LogP contribution in [0.25, 0.3) is 0 Å². The first-order valence-electron chi connectivity index (χ1n) is 8.24. The van der Waals surface area contributed by atoms with E-state index in [4.69, 9.17) is 19.4 Å². The maximum absolute atomic E-state index is 14.7. The monoisotopic (exact) mass is 530 g/mol. The highest BCUT2D eigenvalue weighted by Gasteiger charge is 2.60. The van der Waals surface area contributed by atoms with Crippen LogP contribution in [0.1, 0.15) is 6.92 Å². The van der Waals surface area contributed by atoms with Crippen molar-refractivity contribution in [1.29, 1.82) is 0 Å². The predicted molar refractivity (Wildman–Crippen MR) is 97.6 cm³/mol. The van der Waals surface area contributed by atoms with Gasteiger partial charge in [0.25, 0.3) is 0 Å². The largest absolute Gasteiger partial charge is 0.490 e. The van der Waals surface area contributed by atoms with Crippen molar-refractivity contribution in [3.63, 3.8) is 0 Å². The molecule has 6 atom stereocenters. The van der Waals surface area contributed by atoms with Crippen LogP contribution in [0.5, 0.6) is 0 Å². The second kappa shape index (κ2) is 9.29. The molecule has 0 saturated carbocycles. The second-order valence-corrected chi connectivity index (χ2v) is 11.0. The third kappa shape index (κ3) is 6.29. The number of phosphoric ester groups is 1. The number of alkyl halides is 2. The first-order chi connectivity index (χ1) is 14.4. The molecule has 3 unspecified atom stereocenters. The Morgan fingerprint density at radius 2 is 1.84 bits per heavy atom. The SMILES string of the molecule is C=C1NC(=O)N([C@@H]2O[C@H](COP(=O)(O)OP(=O)(O)OP(=O)(O)O)[C@H](F)C2(O)CF)C=C1C. The van der Waals surface area contributed by atoms with Crippen LogP contribution in [0, 0.1) is 0 Å². The molecule has 2 amide bonds. The lowest BCUT2D eigenvalue weighted by molar-refractivity contribution is -0.119. The summed E-state index contributed by atoms with van der Waals surface area (Å²) in [5, 5.41) is 12.7. The number of allylic oxidation sites excluding steroid dienone is 1. The minimum absolute atomic E-state index is 0.175. The van der Waals surface area contributed by atoms with Gasteiger partial charge in [0, 0.05) is 11.9 Å². The molecule has 15 nitrogen and oxygen atoms in total. The predicted octanol–water partition coefficient (Wildman–Crippen LogP) is 0.536. The average Bonchev–Trinajstić information content (AvgIpc) is 2.85. The van der Waals surface area contributed by atoms with E-state index in [2.05, 4.69) is 25.0 Å². The van der Waals surface area contributed by atoms with Gasteiger partial charge in [0.05, 0.1) is 6.61 Å². The third-order valence-electron chi connectivity index (χ3n) is 4.12. The van der Waals surface area contributed by atoms with Gasteiger partial charge in [0.2, 0.25) is 0 Å². The van der Waals surface area contributed by atoms with E-state index in [1.807, 2.05) is 0 Å². The molecule has 20 heteroatoms. The molecule has 1 fully saturated rings. The molecule has 32 heavy (non-hydrogen) atoms. The van der Waals surface area contributed by atoms with E-state index in [9.17, 15) is 37.3 Å². The molecule has 0 radical (unpaired) electrons. The number of carbonyl (C=O) groups excluding carboxylic acids is 1. The van der Waals surface area contributed by atoms with E-state index < -0.39 is 66.9 Å². The van der Waals surface area contributed by atoms with E-state index in [-0.39, 0.29) is 5.70 Å². The van der Waals surface area contributed by atoms with E-state index in [0.29, 0.717) is 10.5 Å². The standard InChI is InChI=1S/C12H19F2N2O13P3/c1-6-3-16(11(17)15-7(6)2)10-12(18,5-13)9(14)8(27-10)4-26-31(22,23)29-32(24,25)28-30(19,20)21/h3,8-10,18H,2,4-5H2,1H3,(H,15,17)(H,22,23)(H,24,25)(H2,19,20,21)/t8-,9+,10-,12?/m1/s1. The molecular weight excluding hydrogens is 511 g/mol. The highest BCUT2D eigenvalue weighted by molar-refractivity contribution is 7.66. The van der Waals surface area contributed by atoms with Gasteiger partial charge in [0.15, 0.2) is 18.0 Å². The number of aliphatic hydroxyl groups is 1. The molecule has 2 aliphatic rings. The van der Waals surface area contributed by atoms with Crippen LogP contribution in [0.3, 0.4) is 0 Å². The zero-order valence-corrected chi connectivity index (χ0v) is 18.7. The molecule has 0 aromatic carbocycles. The van der Waals surface area contributed by atoms with Crippen molar-refractivity contribution in [2.45, 2.75) is 31.0 Å². The number of ether oxygens (including phenoxy) is 1. The molecule has 2 aliphatic heterocycles. The van der Waals surface area contributed by atoms with Crippen molar-refractivity contribution >= 4 is 29.5 Å². The van der Waals surface area contributed by atoms with Gasteiger partial charge < -0.3 is 34.7 Å². The maximum Gasteiger partial charge on any atom is 0.490 e. The Kier molecular flexibility index (Phi) is 7.90. The summed E-state index contributed by atoms with van der Waals surface area (Å²) >= 11 is 0. The Labute approximate surface area is 178 Å². The number of hydrogen-bond acceptors (Lipinski definition) is 9. The smallest absolute Gasteiger partial charge is 0.379 e. The summed E-state index contributed by atoms with van der Waals surface area (Å²) in [5.41, 5.74) is -2.42. The number of urea groups is 1. The fourth-order valence-electron chi connectivity index (χ4n) is 2.66. The van der Waals surface area contributed by atoms with Gasteiger partial charge in [-0.25, -0.2) is 27.3 Å². The van der Waals surface area contributed by atoms with Crippen molar-refractivity contribution in [2.75, 3.05) is 13.3 Å². The van der Waals surface area contributed by atoms with Crippen LogP contribution < -0.4 is 5.32 Å². The maximum atomic E-state index is 14.7. The number of hydrogen-bond donors (Lipinski definition) is 6. The van der Waals surface area contributed by atoms with Crippen molar-refractivity contribution in [2.24, 2.45) is 0 Å². The molecule has 0 aromatic heterocycles. The fraction of sp³-hybridized carbons (Fsp3) is 0.583. The molecular formula is C12H19F2N2O13P3. The molecule has 0 spiro atoms. The number of amides is 2. The molecule has 6 N–H and O–H groups in total. The molecule has 2 heterocycles. The third-order valence-corrected chi connectivity index (χ3v) is 7.92. The zero-order chi connectivity index (χ0) is 24.7. The Balaban J connectivity index is 2.16. The zero-order valence-electron chi connectivity index (χ0n) is 16.0. The van der Waals surface area contributed by atoms with Crippen LogP contribution in [0.4, 0.5) is 13.6 Å². The number of carbonyl (C=O) groups is 1. The van der Waals surface area contributed by atoms with Crippen LogP contribution in [0.2, 0.25) is 0 Å². The minimum atomic E-state index is -5.82. The number of rotatable bonds is 9. The Hall–Kier alpha value is -1.06. The first-order valence-corrected chi connectivity index (χ1v) is 12.8. The lowest BCUT2D eigenvalue weighted by Gasteiger charge is -2.36. The highest BCUT2D eigenvalue weighted by atomic mass is 31.3. The summed E-state index contributed by atoms with van der Waals surface area (Å²) in [6, 6.07) is -0.960. The van der Waals surface area contributed by atoms with E-state index in [0.717, 1.165) is 6.20 Å². The van der Waals surface area contributed by atoms with Crippen LogP contribution in [0.15, 0.2) is 24.0 Å². The van der Waals surface area contributed by atoms with Gasteiger partial charge in [-0.15, -0.1) is 0 Å². The number of nitrogens with zero attached hydrogens (tertiary/aromatic N) is 1. The topological polar surface area (TPSA) is 222 Å². The van der Waals surface area contributed by atoms with Gasteiger partial charge >= 0.3 is 29.5 Å². The average molecular weight is 530 g/mol. The summed E-state index contributed by atoms with van der Waals surface area (Å²) in [4.78, 5) is 48.2. The van der Waals surface area contributed by atoms with Gasteiger partial charge in [-0.3, -0.25) is 9.42 Å². The summed E-state index contributed by atoms with van der Waals surface area (Å²) in [6.45, 7) is 1.95. The number of halogens is 2. The van der Waals surface area contributed by atoms with Crippen LogP contribution >= 0.6 is 23.5 Å². The van der Waals surface area contributed by atoms with Crippen molar-refractivity contribution < 1.29 is 69.8 Å². The summed E-state index contributed by atoms with van der Waals surface area (Å²) in [5.74, 6) is 0. The quantitative estimate of drug-likeness (QED) is 0.224. The van der Waals surface area contributed by atoms with Crippen LogP contribution in [-0.4, -0.2) is 73.0 Å². The van der Waals surface area contributed by atoms with E-state index in [1.54, 1.807) is 0 Å². The summed E-state index contributed by atoms with van der Waals surface area (Å²) in [7, 11) is -17.1. The van der Waals surface area contributed by atoms with Gasteiger partial charge in [-0.2, -0.15) is 8.62 Å². The Morgan fingerprint density at radius 1 is 1.25 bits per heavy atom. The van der Waals surface area contributed by atoms with Crippen LogP contribution in [-0.2, 0) is 31.6 Å².